The Morgan fingerprint density at radius 1 is 1.40 bits per heavy atom. The Hall–Kier alpha value is -1.86. The predicted octanol–water partition coefficient (Wildman–Crippen LogP) is 0.915. The van der Waals surface area contributed by atoms with E-state index in [0.29, 0.717) is 50.0 Å². The van der Waals surface area contributed by atoms with Crippen LogP contribution in [-0.2, 0) is 14.2 Å². The van der Waals surface area contributed by atoms with Crippen molar-refractivity contribution in [2.75, 3.05) is 51.1 Å². The van der Waals surface area contributed by atoms with Gasteiger partial charge in [0.15, 0.2) is 0 Å². The Balaban J connectivity index is 2.46. The van der Waals surface area contributed by atoms with Crippen LogP contribution in [0.4, 0.5) is 11.5 Å². The van der Waals surface area contributed by atoms with Crippen LogP contribution in [0.3, 0.4) is 0 Å². The quantitative estimate of drug-likeness (QED) is 0.514. The molecule has 0 radical (unpaired) electrons. The van der Waals surface area contributed by atoms with E-state index in [1.54, 1.807) is 20.1 Å². The van der Waals surface area contributed by atoms with E-state index >= 15 is 0 Å². The number of pyridine rings is 1. The van der Waals surface area contributed by atoms with Crippen molar-refractivity contribution < 1.29 is 19.0 Å². The number of hydrogen-bond acceptors (Lipinski definition) is 7. The van der Waals surface area contributed by atoms with Crippen molar-refractivity contribution in [2.45, 2.75) is 6.92 Å². The van der Waals surface area contributed by atoms with Gasteiger partial charge in [-0.1, -0.05) is 0 Å². The zero-order valence-corrected chi connectivity index (χ0v) is 11.8. The van der Waals surface area contributed by atoms with Crippen LogP contribution < -0.4 is 11.1 Å². The van der Waals surface area contributed by atoms with Gasteiger partial charge in [-0.3, -0.25) is 0 Å². The maximum absolute atomic E-state index is 11.7. The molecule has 20 heavy (non-hydrogen) atoms. The standard InChI is InChI=1S/C13H21N3O4/c1-3-20-13(17)10-8-12(16-9-11(10)14)15-4-5-19-7-6-18-2/h8-9H,3-7,14H2,1-2H3,(H,15,16). The van der Waals surface area contributed by atoms with E-state index in [1.807, 2.05) is 0 Å². The number of esters is 1. The minimum Gasteiger partial charge on any atom is -0.462 e. The van der Waals surface area contributed by atoms with E-state index in [-0.39, 0.29) is 0 Å². The van der Waals surface area contributed by atoms with E-state index < -0.39 is 5.97 Å². The van der Waals surface area contributed by atoms with Gasteiger partial charge < -0.3 is 25.3 Å². The highest BCUT2D eigenvalue weighted by atomic mass is 16.5. The van der Waals surface area contributed by atoms with E-state index in [1.165, 1.54) is 6.20 Å². The summed E-state index contributed by atoms with van der Waals surface area (Å²) in [4.78, 5) is 15.8. The number of nitrogens with zero attached hydrogens (tertiary/aromatic N) is 1. The van der Waals surface area contributed by atoms with E-state index in [4.69, 9.17) is 19.9 Å². The Labute approximate surface area is 118 Å². The van der Waals surface area contributed by atoms with Crippen molar-refractivity contribution in [2.24, 2.45) is 0 Å². The molecule has 1 heterocycles. The van der Waals surface area contributed by atoms with Gasteiger partial charge in [0.05, 0.1) is 43.9 Å². The summed E-state index contributed by atoms with van der Waals surface area (Å²) in [5.74, 6) is 0.101. The first-order valence-electron chi connectivity index (χ1n) is 6.42. The molecule has 0 amide bonds. The molecule has 0 saturated carbocycles. The average Bonchev–Trinajstić information content (AvgIpc) is 2.44. The normalized spacial score (nSPS) is 10.3. The van der Waals surface area contributed by atoms with Crippen molar-refractivity contribution in [3.05, 3.63) is 17.8 Å². The molecule has 0 unspecified atom stereocenters. The molecule has 3 N–H and O–H groups in total. The molecule has 7 heteroatoms. The number of nitrogens with two attached hydrogens (primary N) is 1. The van der Waals surface area contributed by atoms with Crippen molar-refractivity contribution in [3.63, 3.8) is 0 Å². The fourth-order valence-corrected chi connectivity index (χ4v) is 1.44. The first-order valence-corrected chi connectivity index (χ1v) is 6.42. The minimum atomic E-state index is -0.452. The molecule has 0 fully saturated rings. The second-order valence-electron chi connectivity index (χ2n) is 3.91. The number of ether oxygens (including phenoxy) is 3. The molecular formula is C13H21N3O4. The zero-order chi connectivity index (χ0) is 14.8. The van der Waals surface area contributed by atoms with Crippen molar-refractivity contribution in [3.8, 4) is 0 Å². The highest BCUT2D eigenvalue weighted by Gasteiger charge is 2.12. The summed E-state index contributed by atoms with van der Waals surface area (Å²) in [5, 5.41) is 3.05. The largest absolute Gasteiger partial charge is 0.462 e. The number of aromatic nitrogens is 1. The second-order valence-corrected chi connectivity index (χ2v) is 3.91. The van der Waals surface area contributed by atoms with Gasteiger partial charge in [-0.25, -0.2) is 9.78 Å². The summed E-state index contributed by atoms with van der Waals surface area (Å²) in [6.07, 6.45) is 1.43. The number of methoxy groups -OCH3 is 1. The topological polar surface area (TPSA) is 95.7 Å². The third-order valence-electron chi connectivity index (χ3n) is 2.41. The van der Waals surface area contributed by atoms with Gasteiger partial charge in [-0.2, -0.15) is 0 Å². The van der Waals surface area contributed by atoms with Gasteiger partial charge in [0.2, 0.25) is 0 Å². The fraction of sp³-hybridized carbons (Fsp3) is 0.538. The summed E-state index contributed by atoms with van der Waals surface area (Å²) in [5.41, 5.74) is 6.31. The lowest BCUT2D eigenvalue weighted by molar-refractivity contribution is 0.0527. The lowest BCUT2D eigenvalue weighted by atomic mass is 10.2. The Bertz CT molecular complexity index is 426. The molecule has 0 aromatic carbocycles. The van der Waals surface area contributed by atoms with Crippen LogP contribution in [-0.4, -0.2) is 51.0 Å². The lowest BCUT2D eigenvalue weighted by Crippen LogP contribution is -2.14. The molecule has 0 aliphatic rings. The van der Waals surface area contributed by atoms with E-state index in [2.05, 4.69) is 10.3 Å². The monoisotopic (exact) mass is 283 g/mol. The second kappa shape index (κ2) is 9.11. The molecule has 1 rings (SSSR count). The van der Waals surface area contributed by atoms with Gasteiger partial charge in [0.25, 0.3) is 0 Å². The van der Waals surface area contributed by atoms with Crippen molar-refractivity contribution in [1.82, 2.24) is 4.98 Å². The fourth-order valence-electron chi connectivity index (χ4n) is 1.44. The predicted molar refractivity (Wildman–Crippen MR) is 75.8 cm³/mol. The maximum Gasteiger partial charge on any atom is 0.340 e. The van der Waals surface area contributed by atoms with Crippen LogP contribution in [0.5, 0.6) is 0 Å². The molecule has 0 spiro atoms. The van der Waals surface area contributed by atoms with Crippen LogP contribution >= 0.6 is 0 Å². The van der Waals surface area contributed by atoms with Gasteiger partial charge in [0, 0.05) is 13.7 Å². The number of carbonyl (C=O) groups excluding carboxylic acids is 1. The molecule has 0 saturated heterocycles. The van der Waals surface area contributed by atoms with Crippen LogP contribution in [0.15, 0.2) is 12.3 Å². The SMILES string of the molecule is CCOC(=O)c1cc(NCCOCCOC)ncc1N. The first kappa shape index (κ1) is 16.2. The third kappa shape index (κ3) is 5.41. The van der Waals surface area contributed by atoms with Gasteiger partial charge in [0.1, 0.15) is 5.82 Å². The lowest BCUT2D eigenvalue weighted by Gasteiger charge is -2.09. The first-order chi connectivity index (χ1) is 9.69. The van der Waals surface area contributed by atoms with E-state index in [9.17, 15) is 4.79 Å². The minimum absolute atomic E-state index is 0.297. The van der Waals surface area contributed by atoms with Crippen LogP contribution in [0, 0.1) is 0 Å². The van der Waals surface area contributed by atoms with E-state index in [0.717, 1.165) is 0 Å². The molecule has 1 aromatic heterocycles. The van der Waals surface area contributed by atoms with Gasteiger partial charge in [-0.15, -0.1) is 0 Å². The summed E-state index contributed by atoms with van der Waals surface area (Å²) in [7, 11) is 1.62. The highest BCUT2D eigenvalue weighted by molar-refractivity contribution is 5.95. The molecular weight excluding hydrogens is 262 g/mol. The van der Waals surface area contributed by atoms with Crippen molar-refractivity contribution >= 4 is 17.5 Å². The summed E-state index contributed by atoms with van der Waals surface area (Å²) < 4.78 is 15.1. The third-order valence-corrected chi connectivity index (χ3v) is 2.41. The molecule has 0 aliphatic carbocycles. The smallest absolute Gasteiger partial charge is 0.340 e. The number of rotatable bonds is 9. The average molecular weight is 283 g/mol. The summed E-state index contributed by atoms with van der Waals surface area (Å²) in [6.45, 7) is 4.24. The molecule has 112 valence electrons. The van der Waals surface area contributed by atoms with Crippen LogP contribution in [0.1, 0.15) is 17.3 Å². The maximum atomic E-state index is 11.7. The zero-order valence-electron chi connectivity index (χ0n) is 11.8. The molecule has 0 aliphatic heterocycles. The van der Waals surface area contributed by atoms with Gasteiger partial charge in [-0.05, 0) is 13.0 Å². The molecule has 1 aromatic rings. The van der Waals surface area contributed by atoms with Crippen LogP contribution in [0.25, 0.3) is 0 Å². The summed E-state index contributed by atoms with van der Waals surface area (Å²) in [6, 6.07) is 1.57. The Kier molecular flexibility index (Phi) is 7.38. The number of anilines is 2. The van der Waals surface area contributed by atoms with Gasteiger partial charge >= 0.3 is 5.97 Å². The number of nitrogens with one attached hydrogen (secondary N) is 1. The number of nitrogen functional groups attached to an aromatic ring is 1. The Morgan fingerprint density at radius 3 is 2.90 bits per heavy atom. The number of carbonyl (C=O) groups is 1. The highest BCUT2D eigenvalue weighted by Crippen LogP contribution is 2.15. The van der Waals surface area contributed by atoms with Crippen LogP contribution in [0.2, 0.25) is 0 Å². The molecule has 0 bridgehead atoms. The molecule has 7 nitrogen and oxygen atoms in total. The summed E-state index contributed by atoms with van der Waals surface area (Å²) >= 11 is 0. The Morgan fingerprint density at radius 2 is 2.20 bits per heavy atom. The molecule has 0 atom stereocenters. The van der Waals surface area contributed by atoms with Crippen molar-refractivity contribution in [1.29, 1.82) is 0 Å². The number of hydrogen-bond donors (Lipinski definition) is 2.